The van der Waals surface area contributed by atoms with Crippen LogP contribution in [0.25, 0.3) is 0 Å². The van der Waals surface area contributed by atoms with Crippen molar-refractivity contribution < 1.29 is 18.3 Å². The summed E-state index contributed by atoms with van der Waals surface area (Å²) in [6, 6.07) is 5.80. The molecule has 1 N–H and O–H groups in total. The zero-order valence-electron chi connectivity index (χ0n) is 11.3. The maximum absolute atomic E-state index is 12.1. The van der Waals surface area contributed by atoms with E-state index in [1.807, 2.05) is 11.9 Å². The smallest absolute Gasteiger partial charge is 0.387 e. The summed E-state index contributed by atoms with van der Waals surface area (Å²) in [5.41, 5.74) is 0.579. The molecule has 1 aromatic rings. The number of carbonyl (C=O) groups is 1. The first-order chi connectivity index (χ1) is 9.56. The lowest BCUT2D eigenvalue weighted by Gasteiger charge is -2.31. The molecule has 0 bridgehead atoms. The number of alkyl halides is 2. The average molecular weight is 284 g/mol. The highest BCUT2D eigenvalue weighted by Crippen LogP contribution is 2.20. The Morgan fingerprint density at radius 2 is 2.05 bits per heavy atom. The number of ether oxygens (including phenoxy) is 1. The maximum atomic E-state index is 12.1. The first-order valence-corrected chi connectivity index (χ1v) is 6.62. The summed E-state index contributed by atoms with van der Waals surface area (Å²) in [5.74, 6) is 0.0162. The number of hydrogen-bond donors (Lipinski definition) is 1. The maximum Gasteiger partial charge on any atom is 0.387 e. The molecule has 20 heavy (non-hydrogen) atoms. The van der Waals surface area contributed by atoms with Gasteiger partial charge in [0, 0.05) is 5.69 Å². The van der Waals surface area contributed by atoms with E-state index in [9.17, 15) is 13.6 Å². The fourth-order valence-corrected chi connectivity index (χ4v) is 2.35. The van der Waals surface area contributed by atoms with Crippen molar-refractivity contribution in [1.82, 2.24) is 4.90 Å². The molecule has 1 atom stereocenters. The molecule has 4 nitrogen and oxygen atoms in total. The molecule has 0 radical (unpaired) electrons. The zero-order valence-corrected chi connectivity index (χ0v) is 11.3. The molecular weight excluding hydrogens is 266 g/mol. The van der Waals surface area contributed by atoms with E-state index in [0.717, 1.165) is 25.8 Å². The molecule has 1 aliphatic rings. The molecule has 0 unspecified atom stereocenters. The second-order valence-corrected chi connectivity index (χ2v) is 4.88. The summed E-state index contributed by atoms with van der Waals surface area (Å²) in [6.45, 7) is -1.93. The number of hydrogen-bond acceptors (Lipinski definition) is 3. The van der Waals surface area contributed by atoms with Crippen LogP contribution in [0.5, 0.6) is 5.75 Å². The van der Waals surface area contributed by atoms with E-state index in [1.54, 1.807) is 12.1 Å². The molecule has 0 saturated carbocycles. The van der Waals surface area contributed by atoms with E-state index in [4.69, 9.17) is 0 Å². The van der Waals surface area contributed by atoms with Crippen molar-refractivity contribution in [3.8, 4) is 5.75 Å². The minimum absolute atomic E-state index is 0.0604. The third-order valence-corrected chi connectivity index (χ3v) is 3.42. The molecule has 1 heterocycles. The number of likely N-dealkylation sites (tertiary alicyclic amines) is 1. The minimum atomic E-state index is -2.84. The van der Waals surface area contributed by atoms with Gasteiger partial charge in [-0.25, -0.2) is 0 Å². The summed E-state index contributed by atoms with van der Waals surface area (Å²) >= 11 is 0. The highest BCUT2D eigenvalue weighted by atomic mass is 19.3. The van der Waals surface area contributed by atoms with Crippen LogP contribution in [0, 0.1) is 0 Å². The second kappa shape index (κ2) is 6.65. The SMILES string of the molecule is CN1CCCC[C@@H]1C(=O)Nc1ccc(OC(F)F)cc1. The van der Waals surface area contributed by atoms with E-state index in [0.29, 0.717) is 5.69 Å². The first-order valence-electron chi connectivity index (χ1n) is 6.62. The fraction of sp³-hybridized carbons (Fsp3) is 0.500. The molecule has 0 spiro atoms. The Morgan fingerprint density at radius 3 is 2.65 bits per heavy atom. The van der Waals surface area contributed by atoms with Crippen LogP contribution < -0.4 is 10.1 Å². The summed E-state index contributed by atoms with van der Waals surface area (Å²) in [4.78, 5) is 14.2. The summed E-state index contributed by atoms with van der Waals surface area (Å²) in [5, 5.41) is 2.80. The predicted octanol–water partition coefficient (Wildman–Crippen LogP) is 2.71. The van der Waals surface area contributed by atoms with Crippen molar-refractivity contribution in [2.75, 3.05) is 18.9 Å². The zero-order chi connectivity index (χ0) is 14.5. The van der Waals surface area contributed by atoms with Gasteiger partial charge >= 0.3 is 6.61 Å². The van der Waals surface area contributed by atoms with E-state index in [1.165, 1.54) is 12.1 Å². The molecule has 1 fully saturated rings. The molecule has 110 valence electrons. The van der Waals surface area contributed by atoms with Crippen LogP contribution in [0.15, 0.2) is 24.3 Å². The second-order valence-electron chi connectivity index (χ2n) is 4.88. The van der Waals surface area contributed by atoms with Crippen molar-refractivity contribution in [2.24, 2.45) is 0 Å². The van der Waals surface area contributed by atoms with Crippen molar-refractivity contribution in [3.63, 3.8) is 0 Å². The van der Waals surface area contributed by atoms with Crippen LogP contribution in [0.2, 0.25) is 0 Å². The summed E-state index contributed by atoms with van der Waals surface area (Å²) < 4.78 is 28.3. The number of anilines is 1. The van der Waals surface area contributed by atoms with Gasteiger partial charge in [0.2, 0.25) is 5.91 Å². The van der Waals surface area contributed by atoms with Crippen LogP contribution in [0.4, 0.5) is 14.5 Å². The lowest BCUT2D eigenvalue weighted by atomic mass is 10.0. The highest BCUT2D eigenvalue weighted by molar-refractivity contribution is 5.94. The Kier molecular flexibility index (Phi) is 4.89. The quantitative estimate of drug-likeness (QED) is 0.924. The van der Waals surface area contributed by atoms with Crippen LogP contribution >= 0.6 is 0 Å². The van der Waals surface area contributed by atoms with Crippen LogP contribution in [-0.2, 0) is 4.79 Å². The van der Waals surface area contributed by atoms with Gasteiger partial charge in [-0.05, 0) is 50.7 Å². The molecule has 6 heteroatoms. The molecule has 0 aromatic heterocycles. The van der Waals surface area contributed by atoms with Crippen molar-refractivity contribution >= 4 is 11.6 Å². The number of rotatable bonds is 4. The number of nitrogens with one attached hydrogen (secondary N) is 1. The molecule has 2 rings (SSSR count). The van der Waals surface area contributed by atoms with Gasteiger partial charge in [-0.2, -0.15) is 8.78 Å². The van der Waals surface area contributed by atoms with Gasteiger partial charge in [0.25, 0.3) is 0 Å². The van der Waals surface area contributed by atoms with Crippen LogP contribution in [-0.4, -0.2) is 37.1 Å². The van der Waals surface area contributed by atoms with Crippen molar-refractivity contribution in [2.45, 2.75) is 31.9 Å². The number of halogens is 2. The van der Waals surface area contributed by atoms with Gasteiger partial charge in [-0.15, -0.1) is 0 Å². The number of benzene rings is 1. The number of likely N-dealkylation sites (N-methyl/N-ethyl adjacent to an activating group) is 1. The average Bonchev–Trinajstić information content (AvgIpc) is 2.41. The van der Waals surface area contributed by atoms with Gasteiger partial charge in [-0.3, -0.25) is 9.69 Å². The molecule has 0 aliphatic carbocycles. The largest absolute Gasteiger partial charge is 0.435 e. The Labute approximate surface area is 116 Å². The molecule has 1 saturated heterocycles. The number of nitrogens with zero attached hydrogens (tertiary/aromatic N) is 1. The van der Waals surface area contributed by atoms with Gasteiger partial charge in [0.15, 0.2) is 0 Å². The lowest BCUT2D eigenvalue weighted by molar-refractivity contribution is -0.121. The summed E-state index contributed by atoms with van der Waals surface area (Å²) in [6.07, 6.45) is 3.00. The van der Waals surface area contributed by atoms with E-state index in [2.05, 4.69) is 10.1 Å². The first kappa shape index (κ1) is 14.7. The Bertz CT molecular complexity index is 451. The minimum Gasteiger partial charge on any atom is -0.435 e. The third kappa shape index (κ3) is 3.90. The van der Waals surface area contributed by atoms with E-state index in [-0.39, 0.29) is 17.7 Å². The standard InChI is InChI=1S/C14H18F2N2O2/c1-18-9-3-2-4-12(18)13(19)17-10-5-7-11(8-6-10)20-14(15)16/h5-8,12,14H,2-4,9H2,1H3,(H,17,19)/t12-/m1/s1. The molecular formula is C14H18F2N2O2. The van der Waals surface area contributed by atoms with Crippen LogP contribution in [0.3, 0.4) is 0 Å². The van der Waals surface area contributed by atoms with Crippen molar-refractivity contribution in [1.29, 1.82) is 0 Å². The fourth-order valence-electron chi connectivity index (χ4n) is 2.35. The monoisotopic (exact) mass is 284 g/mol. The van der Waals surface area contributed by atoms with Crippen molar-refractivity contribution in [3.05, 3.63) is 24.3 Å². The number of carbonyl (C=O) groups excluding carboxylic acids is 1. The summed E-state index contributed by atoms with van der Waals surface area (Å²) in [7, 11) is 1.93. The molecule has 1 amide bonds. The van der Waals surface area contributed by atoms with Crippen LogP contribution in [0.1, 0.15) is 19.3 Å². The lowest BCUT2D eigenvalue weighted by Crippen LogP contribution is -2.44. The number of amides is 1. The highest BCUT2D eigenvalue weighted by Gasteiger charge is 2.25. The van der Waals surface area contributed by atoms with Gasteiger partial charge in [0.05, 0.1) is 6.04 Å². The predicted molar refractivity (Wildman–Crippen MR) is 72.0 cm³/mol. The Balaban J connectivity index is 1.93. The van der Waals surface area contributed by atoms with E-state index >= 15 is 0 Å². The molecule has 1 aromatic carbocycles. The topological polar surface area (TPSA) is 41.6 Å². The Morgan fingerprint density at radius 1 is 1.35 bits per heavy atom. The van der Waals surface area contributed by atoms with Gasteiger partial charge in [-0.1, -0.05) is 6.42 Å². The number of piperidine rings is 1. The normalized spacial score (nSPS) is 19.9. The Hall–Kier alpha value is -1.69. The molecule has 1 aliphatic heterocycles. The third-order valence-electron chi connectivity index (χ3n) is 3.42. The van der Waals surface area contributed by atoms with Gasteiger partial charge < -0.3 is 10.1 Å². The van der Waals surface area contributed by atoms with Gasteiger partial charge in [0.1, 0.15) is 5.75 Å². The van der Waals surface area contributed by atoms with E-state index < -0.39 is 6.61 Å².